The summed E-state index contributed by atoms with van der Waals surface area (Å²) in [5.74, 6) is 2.03. The Hall–Kier alpha value is -0.470. The van der Waals surface area contributed by atoms with Crippen molar-refractivity contribution in [1.29, 1.82) is 0 Å². The van der Waals surface area contributed by atoms with Gasteiger partial charge in [0.05, 0.1) is 0 Å². The molecule has 2 heteroatoms. The minimum absolute atomic E-state index is 0.650. The zero-order chi connectivity index (χ0) is 12.5. The molecular formula is C15H25NS. The van der Waals surface area contributed by atoms with Gasteiger partial charge in [-0.15, -0.1) is 11.8 Å². The van der Waals surface area contributed by atoms with Gasteiger partial charge in [-0.3, -0.25) is 0 Å². The monoisotopic (exact) mass is 251 g/mol. The molecule has 0 aliphatic rings. The number of nitrogens with one attached hydrogen (secondary N) is 1. The maximum atomic E-state index is 3.48. The second-order valence-electron chi connectivity index (χ2n) is 4.75. The molecule has 0 amide bonds. The van der Waals surface area contributed by atoms with Crippen molar-refractivity contribution in [3.63, 3.8) is 0 Å². The van der Waals surface area contributed by atoms with Gasteiger partial charge in [-0.05, 0) is 50.1 Å². The maximum Gasteiger partial charge on any atom is 0.00719 e. The van der Waals surface area contributed by atoms with E-state index in [1.54, 1.807) is 0 Å². The predicted molar refractivity (Wildman–Crippen MR) is 78.7 cm³/mol. The van der Waals surface area contributed by atoms with Crippen LogP contribution < -0.4 is 5.32 Å². The predicted octanol–water partition coefficient (Wildman–Crippen LogP) is 4.19. The molecule has 1 rings (SSSR count). The molecule has 0 saturated carbocycles. The lowest BCUT2D eigenvalue weighted by Gasteiger charge is -2.17. The Bertz CT molecular complexity index is 286. The summed E-state index contributed by atoms with van der Waals surface area (Å²) in [5.41, 5.74) is 0. The molecule has 0 radical (unpaired) electrons. The molecule has 1 nitrogen and oxygen atoms in total. The van der Waals surface area contributed by atoms with Gasteiger partial charge >= 0.3 is 0 Å². The minimum atomic E-state index is 0.650. The number of rotatable bonds is 8. The molecule has 0 fully saturated rings. The van der Waals surface area contributed by atoms with Gasteiger partial charge in [0, 0.05) is 10.9 Å². The van der Waals surface area contributed by atoms with Crippen LogP contribution in [0.1, 0.15) is 33.6 Å². The molecule has 0 aromatic heterocycles. The lowest BCUT2D eigenvalue weighted by molar-refractivity contribution is 0.421. The zero-order valence-corrected chi connectivity index (χ0v) is 12.1. The Balaban J connectivity index is 2.14. The summed E-state index contributed by atoms with van der Waals surface area (Å²) >= 11 is 1.97. The van der Waals surface area contributed by atoms with Gasteiger partial charge in [-0.25, -0.2) is 0 Å². The fourth-order valence-corrected chi connectivity index (χ4v) is 3.15. The van der Waals surface area contributed by atoms with Crippen molar-refractivity contribution < 1.29 is 0 Å². The molecule has 0 heterocycles. The lowest BCUT2D eigenvalue weighted by atomic mass is 10.0. The summed E-state index contributed by atoms with van der Waals surface area (Å²) in [6, 6.07) is 11.3. The molecule has 1 aromatic carbocycles. The molecule has 0 saturated heterocycles. The topological polar surface area (TPSA) is 12.0 Å². The normalized spacial score (nSPS) is 14.5. The first-order chi connectivity index (χ1) is 8.22. The quantitative estimate of drug-likeness (QED) is 0.695. The fourth-order valence-electron chi connectivity index (χ4n) is 2.05. The molecule has 2 unspecified atom stereocenters. The molecule has 0 aliphatic carbocycles. The van der Waals surface area contributed by atoms with Crippen LogP contribution in [0.25, 0.3) is 0 Å². The average Bonchev–Trinajstić information content (AvgIpc) is 2.30. The van der Waals surface area contributed by atoms with Crippen molar-refractivity contribution >= 4 is 11.8 Å². The highest BCUT2D eigenvalue weighted by molar-refractivity contribution is 7.99. The van der Waals surface area contributed by atoms with Crippen LogP contribution in [0, 0.1) is 5.92 Å². The van der Waals surface area contributed by atoms with Gasteiger partial charge in [0.15, 0.2) is 0 Å². The van der Waals surface area contributed by atoms with Crippen molar-refractivity contribution in [3.05, 3.63) is 30.3 Å². The number of hydrogen-bond acceptors (Lipinski definition) is 2. The highest BCUT2D eigenvalue weighted by Crippen LogP contribution is 2.21. The number of hydrogen-bond donors (Lipinski definition) is 1. The van der Waals surface area contributed by atoms with Gasteiger partial charge in [-0.1, -0.05) is 32.0 Å². The Labute approximate surface area is 110 Å². The third-order valence-electron chi connectivity index (χ3n) is 2.93. The molecule has 1 aromatic rings. The van der Waals surface area contributed by atoms with Gasteiger partial charge in [0.25, 0.3) is 0 Å². The van der Waals surface area contributed by atoms with Crippen LogP contribution in [0.3, 0.4) is 0 Å². The SMILES string of the molecule is CCNC(C)CC(C)CCSc1ccccc1. The largest absolute Gasteiger partial charge is 0.315 e. The van der Waals surface area contributed by atoms with Crippen molar-refractivity contribution in [3.8, 4) is 0 Å². The third-order valence-corrected chi connectivity index (χ3v) is 3.98. The first-order valence-corrected chi connectivity index (χ1v) is 7.62. The van der Waals surface area contributed by atoms with E-state index in [0.717, 1.165) is 12.5 Å². The number of benzene rings is 1. The summed E-state index contributed by atoms with van der Waals surface area (Å²) in [6.07, 6.45) is 2.58. The Morgan fingerprint density at radius 2 is 1.88 bits per heavy atom. The summed E-state index contributed by atoms with van der Waals surface area (Å²) < 4.78 is 0. The van der Waals surface area contributed by atoms with E-state index >= 15 is 0 Å². The first kappa shape index (κ1) is 14.6. The molecular weight excluding hydrogens is 226 g/mol. The van der Waals surface area contributed by atoms with Gasteiger partial charge in [-0.2, -0.15) is 0 Å². The third kappa shape index (κ3) is 6.75. The van der Waals surface area contributed by atoms with Crippen LogP contribution in [-0.2, 0) is 0 Å². The standard InChI is InChI=1S/C15H25NS/c1-4-16-14(3)12-13(2)10-11-17-15-8-6-5-7-9-15/h5-9,13-14,16H,4,10-12H2,1-3H3. The van der Waals surface area contributed by atoms with Crippen LogP contribution >= 0.6 is 11.8 Å². The molecule has 1 N–H and O–H groups in total. The van der Waals surface area contributed by atoms with Crippen LogP contribution in [0.2, 0.25) is 0 Å². The van der Waals surface area contributed by atoms with E-state index in [1.165, 1.54) is 23.5 Å². The summed E-state index contributed by atoms with van der Waals surface area (Å²) in [6.45, 7) is 7.89. The van der Waals surface area contributed by atoms with Crippen molar-refractivity contribution in [2.45, 2.75) is 44.6 Å². The van der Waals surface area contributed by atoms with E-state index in [2.05, 4.69) is 56.4 Å². The van der Waals surface area contributed by atoms with E-state index in [1.807, 2.05) is 11.8 Å². The first-order valence-electron chi connectivity index (χ1n) is 6.63. The summed E-state index contributed by atoms with van der Waals surface area (Å²) in [4.78, 5) is 1.39. The second kappa shape index (κ2) is 8.60. The molecule has 0 spiro atoms. The van der Waals surface area contributed by atoms with Crippen molar-refractivity contribution in [2.24, 2.45) is 5.92 Å². The number of thioether (sulfide) groups is 1. The van der Waals surface area contributed by atoms with E-state index in [4.69, 9.17) is 0 Å². The molecule has 0 bridgehead atoms. The Kier molecular flexibility index (Phi) is 7.38. The zero-order valence-electron chi connectivity index (χ0n) is 11.3. The average molecular weight is 251 g/mol. The highest BCUT2D eigenvalue weighted by atomic mass is 32.2. The summed E-state index contributed by atoms with van der Waals surface area (Å²) in [7, 11) is 0. The fraction of sp³-hybridized carbons (Fsp3) is 0.600. The van der Waals surface area contributed by atoms with E-state index in [0.29, 0.717) is 6.04 Å². The van der Waals surface area contributed by atoms with Gasteiger partial charge in [0.1, 0.15) is 0 Å². The molecule has 17 heavy (non-hydrogen) atoms. The Morgan fingerprint density at radius 3 is 2.53 bits per heavy atom. The van der Waals surface area contributed by atoms with E-state index in [9.17, 15) is 0 Å². The van der Waals surface area contributed by atoms with Crippen molar-refractivity contribution in [2.75, 3.05) is 12.3 Å². The van der Waals surface area contributed by atoms with Crippen LogP contribution in [0.15, 0.2) is 35.2 Å². The van der Waals surface area contributed by atoms with Crippen LogP contribution in [-0.4, -0.2) is 18.3 Å². The van der Waals surface area contributed by atoms with Crippen molar-refractivity contribution in [1.82, 2.24) is 5.32 Å². The molecule has 0 aliphatic heterocycles. The second-order valence-corrected chi connectivity index (χ2v) is 5.92. The maximum absolute atomic E-state index is 3.48. The van der Waals surface area contributed by atoms with E-state index in [-0.39, 0.29) is 0 Å². The van der Waals surface area contributed by atoms with Crippen LogP contribution in [0.5, 0.6) is 0 Å². The molecule has 2 atom stereocenters. The van der Waals surface area contributed by atoms with Gasteiger partial charge < -0.3 is 5.32 Å². The van der Waals surface area contributed by atoms with Crippen LogP contribution in [0.4, 0.5) is 0 Å². The Morgan fingerprint density at radius 1 is 1.18 bits per heavy atom. The van der Waals surface area contributed by atoms with E-state index < -0.39 is 0 Å². The van der Waals surface area contributed by atoms with Gasteiger partial charge in [0.2, 0.25) is 0 Å². The highest BCUT2D eigenvalue weighted by Gasteiger charge is 2.07. The lowest BCUT2D eigenvalue weighted by Crippen LogP contribution is -2.27. The minimum Gasteiger partial charge on any atom is -0.315 e. The summed E-state index contributed by atoms with van der Waals surface area (Å²) in [5, 5.41) is 3.48. The molecule has 96 valence electrons. The smallest absolute Gasteiger partial charge is 0.00719 e.